The molecule has 3 aromatic rings. The van der Waals surface area contributed by atoms with E-state index in [2.05, 4.69) is 10.5 Å². The summed E-state index contributed by atoms with van der Waals surface area (Å²) in [4.78, 5) is 24.6. The fraction of sp³-hybridized carbons (Fsp3) is 0.0500. The van der Waals surface area contributed by atoms with Crippen molar-refractivity contribution in [3.05, 3.63) is 76.8 Å². The van der Waals surface area contributed by atoms with Crippen LogP contribution in [-0.2, 0) is 4.79 Å². The van der Waals surface area contributed by atoms with E-state index >= 15 is 0 Å². The summed E-state index contributed by atoms with van der Waals surface area (Å²) in [5, 5.41) is 6.28. The quantitative estimate of drug-likeness (QED) is 0.719. The van der Waals surface area contributed by atoms with Gasteiger partial charge in [-0.1, -0.05) is 60.1 Å². The van der Waals surface area contributed by atoms with Crippen LogP contribution in [0.15, 0.2) is 65.8 Å². The number of amides is 1. The summed E-state index contributed by atoms with van der Waals surface area (Å²) < 4.78 is 5.36. The minimum absolute atomic E-state index is 0.205. The second-order valence-electron chi connectivity index (χ2n) is 5.75. The van der Waals surface area contributed by atoms with Crippen molar-refractivity contribution in [3.8, 4) is 5.75 Å². The number of halogens is 1. The van der Waals surface area contributed by atoms with E-state index < -0.39 is 5.91 Å². The van der Waals surface area contributed by atoms with Crippen molar-refractivity contribution >= 4 is 39.8 Å². The molecule has 0 bridgehead atoms. The number of carbonyl (C=O) groups is 2. The zero-order valence-electron chi connectivity index (χ0n) is 13.5. The highest BCUT2D eigenvalue weighted by molar-refractivity contribution is 6.59. The van der Waals surface area contributed by atoms with Crippen molar-refractivity contribution in [1.82, 2.24) is 5.43 Å². The molecule has 0 aliphatic heterocycles. The number of hydrogen-bond acceptors (Lipinski definition) is 4. The predicted octanol–water partition coefficient (Wildman–Crippen LogP) is 3.59. The van der Waals surface area contributed by atoms with Gasteiger partial charge < -0.3 is 4.74 Å². The molecule has 3 aromatic carbocycles. The molecule has 26 heavy (non-hydrogen) atoms. The molecule has 0 radical (unpaired) electrons. The maximum atomic E-state index is 12.6. The van der Waals surface area contributed by atoms with E-state index in [4.69, 9.17) is 16.3 Å². The van der Waals surface area contributed by atoms with Crippen molar-refractivity contribution in [2.45, 2.75) is 0 Å². The Morgan fingerprint density at radius 3 is 2.50 bits per heavy atom. The summed E-state index contributed by atoms with van der Waals surface area (Å²) in [6, 6.07) is 18.0. The Kier molecular flexibility index (Phi) is 4.14. The molecule has 0 aromatic heterocycles. The smallest absolute Gasteiger partial charge is 0.277 e. The standard InChI is InChI=1S/C20H13ClN2O3/c21-15-9-1-2-10-16(15)26-11-17(24)22-23-19-13-7-3-5-12-6-4-8-14(18(12)13)20(19)25/h1-10H,11H2,(H,22,24)/b23-19-. The fourth-order valence-corrected chi connectivity index (χ4v) is 3.13. The third kappa shape index (κ3) is 2.82. The minimum atomic E-state index is -0.478. The van der Waals surface area contributed by atoms with Gasteiger partial charge in [0.05, 0.1) is 5.02 Å². The van der Waals surface area contributed by atoms with E-state index in [1.54, 1.807) is 30.3 Å². The summed E-state index contributed by atoms with van der Waals surface area (Å²) in [5.74, 6) is -0.274. The van der Waals surface area contributed by atoms with E-state index in [-0.39, 0.29) is 18.1 Å². The van der Waals surface area contributed by atoms with Crippen LogP contribution in [0, 0.1) is 0 Å². The number of nitrogens with one attached hydrogen (secondary N) is 1. The number of ether oxygens (including phenoxy) is 1. The van der Waals surface area contributed by atoms with Gasteiger partial charge in [-0.2, -0.15) is 5.10 Å². The van der Waals surface area contributed by atoms with Gasteiger partial charge in [-0.05, 0) is 17.5 Å². The Balaban J connectivity index is 1.51. The number of para-hydroxylation sites is 1. The van der Waals surface area contributed by atoms with Gasteiger partial charge in [0.1, 0.15) is 11.5 Å². The van der Waals surface area contributed by atoms with Crippen LogP contribution in [0.4, 0.5) is 0 Å². The number of hydrogen-bond donors (Lipinski definition) is 1. The number of benzene rings is 3. The Morgan fingerprint density at radius 2 is 1.73 bits per heavy atom. The fourth-order valence-electron chi connectivity index (χ4n) is 2.94. The molecule has 0 saturated carbocycles. The average molecular weight is 365 g/mol. The van der Waals surface area contributed by atoms with Gasteiger partial charge in [0.25, 0.3) is 5.91 Å². The molecule has 0 atom stereocenters. The van der Waals surface area contributed by atoms with Crippen LogP contribution in [-0.4, -0.2) is 24.0 Å². The van der Waals surface area contributed by atoms with Crippen molar-refractivity contribution in [1.29, 1.82) is 0 Å². The maximum absolute atomic E-state index is 12.6. The van der Waals surface area contributed by atoms with Crippen LogP contribution < -0.4 is 10.2 Å². The Bertz CT molecular complexity index is 1070. The van der Waals surface area contributed by atoms with E-state index in [0.29, 0.717) is 16.3 Å². The normalized spacial score (nSPS) is 14.0. The molecule has 0 spiro atoms. The monoisotopic (exact) mass is 364 g/mol. The van der Waals surface area contributed by atoms with E-state index in [0.717, 1.165) is 16.3 Å². The predicted molar refractivity (Wildman–Crippen MR) is 99.9 cm³/mol. The third-order valence-electron chi connectivity index (χ3n) is 4.11. The molecule has 0 heterocycles. The second-order valence-corrected chi connectivity index (χ2v) is 6.16. The largest absolute Gasteiger partial charge is 0.482 e. The first-order chi connectivity index (χ1) is 12.6. The lowest BCUT2D eigenvalue weighted by Crippen LogP contribution is -2.27. The molecule has 1 amide bonds. The van der Waals surface area contributed by atoms with E-state index in [1.807, 2.05) is 30.3 Å². The lowest BCUT2D eigenvalue weighted by atomic mass is 10.1. The number of Topliss-reactive ketones (excluding diaryl/α,β-unsaturated/α-hetero) is 1. The molecule has 0 saturated heterocycles. The number of nitrogens with zero attached hydrogens (tertiary/aromatic N) is 1. The third-order valence-corrected chi connectivity index (χ3v) is 4.42. The second kappa shape index (κ2) is 6.61. The zero-order valence-corrected chi connectivity index (χ0v) is 14.3. The Hall–Kier alpha value is -3.18. The highest BCUT2D eigenvalue weighted by atomic mass is 35.5. The summed E-state index contributed by atoms with van der Waals surface area (Å²) in [6.45, 7) is -0.258. The van der Waals surface area contributed by atoms with Gasteiger partial charge in [-0.25, -0.2) is 5.43 Å². The van der Waals surface area contributed by atoms with Crippen molar-refractivity contribution in [2.24, 2.45) is 5.10 Å². The number of ketones is 1. The molecule has 1 N–H and O–H groups in total. The zero-order chi connectivity index (χ0) is 18.1. The first-order valence-electron chi connectivity index (χ1n) is 7.96. The lowest BCUT2D eigenvalue weighted by Gasteiger charge is -2.06. The first kappa shape index (κ1) is 16.3. The van der Waals surface area contributed by atoms with Crippen LogP contribution in [0.25, 0.3) is 10.8 Å². The van der Waals surface area contributed by atoms with Crippen LogP contribution in [0.3, 0.4) is 0 Å². The van der Waals surface area contributed by atoms with E-state index in [9.17, 15) is 9.59 Å². The molecule has 6 heteroatoms. The van der Waals surface area contributed by atoms with Gasteiger partial charge in [0.2, 0.25) is 5.78 Å². The topological polar surface area (TPSA) is 67.8 Å². The van der Waals surface area contributed by atoms with Crippen molar-refractivity contribution in [3.63, 3.8) is 0 Å². The summed E-state index contributed by atoms with van der Waals surface area (Å²) in [7, 11) is 0. The van der Waals surface area contributed by atoms with Crippen molar-refractivity contribution in [2.75, 3.05) is 6.61 Å². The van der Waals surface area contributed by atoms with Crippen LogP contribution in [0.2, 0.25) is 5.02 Å². The average Bonchev–Trinajstić information content (AvgIpc) is 2.93. The molecule has 1 aliphatic rings. The molecule has 0 unspecified atom stereocenters. The minimum Gasteiger partial charge on any atom is -0.482 e. The Labute approximate surface area is 154 Å². The van der Waals surface area contributed by atoms with Crippen LogP contribution in [0.5, 0.6) is 5.75 Å². The maximum Gasteiger partial charge on any atom is 0.277 e. The SMILES string of the molecule is O=C(COc1ccccc1Cl)N/N=C1\C(=O)c2cccc3cccc1c23. The first-order valence-corrected chi connectivity index (χ1v) is 8.33. The van der Waals surface area contributed by atoms with Crippen LogP contribution >= 0.6 is 11.6 Å². The van der Waals surface area contributed by atoms with Crippen LogP contribution in [0.1, 0.15) is 15.9 Å². The van der Waals surface area contributed by atoms with E-state index in [1.165, 1.54) is 0 Å². The molecule has 128 valence electrons. The Morgan fingerprint density at radius 1 is 1.00 bits per heavy atom. The molecular formula is C20H13ClN2O3. The molecule has 4 rings (SSSR count). The lowest BCUT2D eigenvalue weighted by molar-refractivity contribution is -0.123. The summed E-state index contributed by atoms with van der Waals surface area (Å²) in [5.41, 5.74) is 3.92. The summed E-state index contributed by atoms with van der Waals surface area (Å²) in [6.07, 6.45) is 0. The molecule has 1 aliphatic carbocycles. The van der Waals surface area contributed by atoms with Gasteiger partial charge in [-0.3, -0.25) is 9.59 Å². The number of hydrazone groups is 1. The summed E-state index contributed by atoms with van der Waals surface area (Å²) >= 11 is 5.98. The molecular weight excluding hydrogens is 352 g/mol. The van der Waals surface area contributed by atoms with Crippen molar-refractivity contribution < 1.29 is 14.3 Å². The van der Waals surface area contributed by atoms with Gasteiger partial charge in [-0.15, -0.1) is 0 Å². The highest BCUT2D eigenvalue weighted by Gasteiger charge is 2.28. The highest BCUT2D eigenvalue weighted by Crippen LogP contribution is 2.30. The molecule has 0 fully saturated rings. The van der Waals surface area contributed by atoms with Gasteiger partial charge in [0.15, 0.2) is 6.61 Å². The van der Waals surface area contributed by atoms with Gasteiger partial charge in [0, 0.05) is 16.5 Å². The number of carbonyl (C=O) groups excluding carboxylic acids is 2. The van der Waals surface area contributed by atoms with Gasteiger partial charge >= 0.3 is 0 Å². The molecule has 5 nitrogen and oxygen atoms in total. The number of rotatable bonds is 4.